The Morgan fingerprint density at radius 3 is 3.09 bits per heavy atom. The number of hydrogen-bond acceptors (Lipinski definition) is 4. The number of aliphatic hydroxyl groups excluding tert-OH is 1. The van der Waals surface area contributed by atoms with Crippen LogP contribution in [0.2, 0.25) is 0 Å². The second-order valence-corrected chi connectivity index (χ2v) is 5.19. The van der Waals surface area contributed by atoms with Gasteiger partial charge >= 0.3 is 6.03 Å². The van der Waals surface area contributed by atoms with Crippen molar-refractivity contribution in [2.45, 2.75) is 19.0 Å². The van der Waals surface area contributed by atoms with Gasteiger partial charge in [-0.2, -0.15) is 4.99 Å². The number of urea groups is 1. The van der Waals surface area contributed by atoms with Crippen LogP contribution in [0.15, 0.2) is 29.3 Å². The summed E-state index contributed by atoms with van der Waals surface area (Å²) in [4.78, 5) is 30.4. The van der Waals surface area contributed by atoms with Gasteiger partial charge in [-0.05, 0) is 18.1 Å². The topological polar surface area (TPSA) is 97.8 Å². The van der Waals surface area contributed by atoms with E-state index in [0.29, 0.717) is 13.0 Å². The Labute approximate surface area is 126 Å². The lowest BCUT2D eigenvalue weighted by molar-refractivity contribution is 0.121. The first kappa shape index (κ1) is 14.3. The molecule has 1 aliphatic heterocycles. The fraction of sp³-hybridized carbons (Fsp3) is 0.333. The fourth-order valence-electron chi connectivity index (χ4n) is 2.91. The number of nitrogens with one attached hydrogen (secondary N) is 2. The number of carbonyl (C=O) groups excluding carboxylic acids is 2. The summed E-state index contributed by atoms with van der Waals surface area (Å²) < 4.78 is 0. The van der Waals surface area contributed by atoms with Crippen molar-refractivity contribution in [2.24, 2.45) is 4.99 Å². The molecule has 1 unspecified atom stereocenters. The molecular weight excluding hydrogens is 284 g/mol. The van der Waals surface area contributed by atoms with E-state index in [1.54, 1.807) is 4.90 Å². The number of rotatable bonds is 3. The predicted octanol–water partition coefficient (Wildman–Crippen LogP) is 0.890. The molecule has 3 rings (SSSR count). The molecule has 0 saturated heterocycles. The molecule has 114 valence electrons. The lowest BCUT2D eigenvalue weighted by atomic mass is 9.97. The van der Waals surface area contributed by atoms with Gasteiger partial charge < -0.3 is 20.3 Å². The van der Waals surface area contributed by atoms with Crippen LogP contribution in [0.5, 0.6) is 0 Å². The van der Waals surface area contributed by atoms with Crippen molar-refractivity contribution in [1.29, 1.82) is 0 Å². The minimum absolute atomic E-state index is 0.115. The molecule has 1 aromatic carbocycles. The van der Waals surface area contributed by atoms with Crippen molar-refractivity contribution in [3.8, 4) is 0 Å². The van der Waals surface area contributed by atoms with Crippen molar-refractivity contribution >= 4 is 23.0 Å². The zero-order valence-electron chi connectivity index (χ0n) is 11.9. The van der Waals surface area contributed by atoms with Crippen LogP contribution >= 0.6 is 0 Å². The van der Waals surface area contributed by atoms with Gasteiger partial charge in [0.1, 0.15) is 6.67 Å². The third kappa shape index (κ3) is 2.47. The van der Waals surface area contributed by atoms with Crippen LogP contribution in [0.3, 0.4) is 0 Å². The number of isocyanates is 1. The van der Waals surface area contributed by atoms with Crippen molar-refractivity contribution in [2.75, 3.05) is 13.3 Å². The van der Waals surface area contributed by atoms with Gasteiger partial charge in [0.25, 0.3) is 0 Å². The summed E-state index contributed by atoms with van der Waals surface area (Å²) in [5.74, 6) is 0. The summed E-state index contributed by atoms with van der Waals surface area (Å²) in [5.41, 5.74) is 3.14. The maximum Gasteiger partial charge on any atom is 0.319 e. The molecule has 0 bridgehead atoms. The Balaban J connectivity index is 1.88. The smallest absolute Gasteiger partial charge is 0.319 e. The molecule has 2 aromatic rings. The average molecular weight is 300 g/mol. The highest BCUT2D eigenvalue weighted by Gasteiger charge is 2.31. The van der Waals surface area contributed by atoms with Gasteiger partial charge in [0, 0.05) is 16.6 Å². The molecule has 7 heteroatoms. The van der Waals surface area contributed by atoms with Gasteiger partial charge in [-0.25, -0.2) is 9.59 Å². The summed E-state index contributed by atoms with van der Waals surface area (Å²) in [7, 11) is 0. The van der Waals surface area contributed by atoms with Gasteiger partial charge in [-0.3, -0.25) is 0 Å². The van der Waals surface area contributed by atoms with Crippen LogP contribution in [0.25, 0.3) is 10.9 Å². The summed E-state index contributed by atoms with van der Waals surface area (Å²) in [6, 6.07) is 7.30. The molecule has 22 heavy (non-hydrogen) atoms. The molecule has 1 aliphatic rings. The molecule has 1 atom stereocenters. The number of benzene rings is 1. The van der Waals surface area contributed by atoms with Crippen LogP contribution < -0.4 is 5.32 Å². The molecule has 7 nitrogen and oxygen atoms in total. The van der Waals surface area contributed by atoms with E-state index in [9.17, 15) is 14.7 Å². The normalized spacial score (nSPS) is 17.0. The number of para-hydroxylation sites is 1. The van der Waals surface area contributed by atoms with Gasteiger partial charge in [0.2, 0.25) is 6.08 Å². The maximum absolute atomic E-state index is 12.2. The van der Waals surface area contributed by atoms with Crippen molar-refractivity contribution < 1.29 is 14.7 Å². The van der Waals surface area contributed by atoms with E-state index in [1.807, 2.05) is 24.3 Å². The fourth-order valence-corrected chi connectivity index (χ4v) is 2.91. The zero-order chi connectivity index (χ0) is 15.5. The Hall–Kier alpha value is -2.63. The SMILES string of the molecule is O=C=NCNC(=O)N1Cc2[nH]c3ccccc3c2CC1CO. The maximum atomic E-state index is 12.2. The number of fused-ring (bicyclic) bond motifs is 3. The molecule has 0 saturated carbocycles. The van der Waals surface area contributed by atoms with E-state index in [2.05, 4.69) is 15.3 Å². The quantitative estimate of drug-likeness (QED) is 0.580. The van der Waals surface area contributed by atoms with Crippen molar-refractivity contribution in [3.63, 3.8) is 0 Å². The van der Waals surface area contributed by atoms with Gasteiger partial charge in [0.15, 0.2) is 0 Å². The number of aromatic nitrogens is 1. The summed E-state index contributed by atoms with van der Waals surface area (Å²) >= 11 is 0. The first-order valence-corrected chi connectivity index (χ1v) is 7.02. The number of carbonyl (C=O) groups is 1. The van der Waals surface area contributed by atoms with Crippen LogP contribution in [0.1, 0.15) is 11.3 Å². The summed E-state index contributed by atoms with van der Waals surface area (Å²) in [6.45, 7) is 0.145. The Bertz CT molecular complexity index is 748. The van der Waals surface area contributed by atoms with E-state index in [-0.39, 0.29) is 25.3 Å². The molecule has 2 heterocycles. The lowest BCUT2D eigenvalue weighted by Crippen LogP contribution is -2.50. The van der Waals surface area contributed by atoms with Crippen LogP contribution in [-0.4, -0.2) is 46.4 Å². The highest BCUT2D eigenvalue weighted by Crippen LogP contribution is 2.30. The summed E-state index contributed by atoms with van der Waals surface area (Å²) in [6.07, 6.45) is 1.95. The van der Waals surface area contributed by atoms with Crippen LogP contribution in [0.4, 0.5) is 4.79 Å². The lowest BCUT2D eigenvalue weighted by Gasteiger charge is -2.34. The third-order valence-electron chi connectivity index (χ3n) is 3.96. The summed E-state index contributed by atoms with van der Waals surface area (Å²) in [5, 5.41) is 13.2. The second-order valence-electron chi connectivity index (χ2n) is 5.19. The van der Waals surface area contributed by atoms with Gasteiger partial charge in [-0.15, -0.1) is 0 Å². The van der Waals surface area contributed by atoms with Crippen molar-refractivity contribution in [3.05, 3.63) is 35.5 Å². The number of nitrogens with zero attached hydrogens (tertiary/aromatic N) is 2. The molecule has 0 fully saturated rings. The van der Waals surface area contributed by atoms with E-state index < -0.39 is 0 Å². The third-order valence-corrected chi connectivity index (χ3v) is 3.96. The molecule has 0 radical (unpaired) electrons. The Morgan fingerprint density at radius 1 is 1.50 bits per heavy atom. The first-order valence-electron chi connectivity index (χ1n) is 7.02. The van der Waals surface area contributed by atoms with Crippen molar-refractivity contribution in [1.82, 2.24) is 15.2 Å². The van der Waals surface area contributed by atoms with E-state index in [4.69, 9.17) is 0 Å². The van der Waals surface area contributed by atoms with Crippen LogP contribution in [-0.2, 0) is 17.8 Å². The molecule has 0 aliphatic carbocycles. The first-order chi connectivity index (χ1) is 10.7. The van der Waals surface area contributed by atoms with E-state index >= 15 is 0 Å². The number of aromatic amines is 1. The minimum atomic E-state index is -0.359. The minimum Gasteiger partial charge on any atom is -0.394 e. The van der Waals surface area contributed by atoms with Gasteiger partial charge in [0.05, 0.1) is 19.2 Å². The number of H-pyrrole nitrogens is 1. The molecule has 1 aromatic heterocycles. The second kappa shape index (κ2) is 6.01. The monoisotopic (exact) mass is 300 g/mol. The standard InChI is InChI=1S/C15H16N4O3/c20-7-10-5-12-11-3-1-2-4-13(11)18-14(12)6-19(10)15(22)17-8-16-9-21/h1-4,10,18,20H,5-8H2,(H,17,22). The number of amides is 2. The molecular formula is C15H16N4O3. The molecule has 2 amide bonds. The largest absolute Gasteiger partial charge is 0.394 e. The Kier molecular flexibility index (Phi) is 3.91. The number of aliphatic imine (C=N–C) groups is 1. The predicted molar refractivity (Wildman–Crippen MR) is 79.9 cm³/mol. The average Bonchev–Trinajstić information content (AvgIpc) is 2.91. The van der Waals surface area contributed by atoms with Crippen LogP contribution in [0, 0.1) is 0 Å². The number of aliphatic hydroxyl groups is 1. The van der Waals surface area contributed by atoms with E-state index in [0.717, 1.165) is 22.2 Å². The van der Waals surface area contributed by atoms with E-state index in [1.165, 1.54) is 6.08 Å². The zero-order valence-corrected chi connectivity index (χ0v) is 11.9. The molecule has 0 spiro atoms. The molecule has 3 N–H and O–H groups in total. The Morgan fingerprint density at radius 2 is 2.32 bits per heavy atom. The number of hydrogen-bond donors (Lipinski definition) is 3. The highest BCUT2D eigenvalue weighted by atomic mass is 16.3. The van der Waals surface area contributed by atoms with Gasteiger partial charge in [-0.1, -0.05) is 18.2 Å². The highest BCUT2D eigenvalue weighted by molar-refractivity contribution is 5.85.